The Bertz CT molecular complexity index is 1610. The van der Waals surface area contributed by atoms with Crippen molar-refractivity contribution < 1.29 is 0 Å². The van der Waals surface area contributed by atoms with Crippen LogP contribution in [0.5, 0.6) is 0 Å². The van der Waals surface area contributed by atoms with Crippen molar-refractivity contribution in [2.75, 3.05) is 11.4 Å². The average Bonchev–Trinajstić information content (AvgIpc) is 3.52. The summed E-state index contributed by atoms with van der Waals surface area (Å²) >= 11 is 0. The zero-order valence-electron chi connectivity index (χ0n) is 23.3. The molecule has 6 heteroatoms. The first-order valence-electron chi connectivity index (χ1n) is 13.9. The Hall–Kier alpha value is -3.51. The lowest BCUT2D eigenvalue weighted by molar-refractivity contribution is 0.770. The minimum absolute atomic E-state index is 0.620. The number of fused-ring (bicyclic) bond motifs is 3. The molecule has 6 rings (SSSR count). The molecule has 0 N–H and O–H groups in total. The highest BCUT2D eigenvalue weighted by Gasteiger charge is 2.34. The van der Waals surface area contributed by atoms with Gasteiger partial charge in [-0.2, -0.15) is 0 Å². The van der Waals surface area contributed by atoms with Crippen molar-refractivity contribution in [3.63, 3.8) is 0 Å². The van der Waals surface area contributed by atoms with Crippen LogP contribution in [0.15, 0.2) is 73.3 Å². The zero-order valence-corrected chi connectivity index (χ0v) is 24.3. The number of pyridine rings is 1. The van der Waals surface area contributed by atoms with Gasteiger partial charge in [-0.25, -0.2) is 15.0 Å². The van der Waals surface area contributed by atoms with Gasteiger partial charge >= 0.3 is 0 Å². The van der Waals surface area contributed by atoms with E-state index in [0.29, 0.717) is 16.6 Å². The molecule has 0 bridgehead atoms. The molecule has 0 unspecified atom stereocenters. The first-order chi connectivity index (χ1) is 18.3. The van der Waals surface area contributed by atoms with Gasteiger partial charge in [-0.15, -0.1) is 16.6 Å². The lowest BCUT2D eigenvalue weighted by Crippen LogP contribution is -2.51. The Labute approximate surface area is 226 Å². The maximum atomic E-state index is 5.10. The lowest BCUT2D eigenvalue weighted by atomic mass is 10.0. The first kappa shape index (κ1) is 24.8. The van der Waals surface area contributed by atoms with Crippen LogP contribution in [0.4, 0.5) is 11.5 Å². The van der Waals surface area contributed by atoms with Crippen molar-refractivity contribution in [1.82, 2.24) is 19.2 Å². The summed E-state index contributed by atoms with van der Waals surface area (Å²) in [6.07, 6.45) is 7.08. The van der Waals surface area contributed by atoms with Crippen LogP contribution < -0.4 is 4.90 Å². The second-order valence-electron chi connectivity index (χ2n) is 11.6. The molecule has 195 valence electrons. The van der Waals surface area contributed by atoms with Crippen molar-refractivity contribution in [1.29, 1.82) is 0 Å². The van der Waals surface area contributed by atoms with E-state index in [0.717, 1.165) is 46.5 Å². The quantitative estimate of drug-likeness (QED) is 0.211. The topological polar surface area (TPSA) is 46.8 Å². The summed E-state index contributed by atoms with van der Waals surface area (Å²) < 4.78 is 2.59. The molecule has 4 heterocycles. The second kappa shape index (κ2) is 9.35. The summed E-state index contributed by atoms with van der Waals surface area (Å²) in [5.41, 5.74) is 8.83. The first-order valence-corrected chi connectivity index (χ1v) is 16.1. The summed E-state index contributed by atoms with van der Waals surface area (Å²) in [6.45, 7) is 15.4. The second-order valence-corrected chi connectivity index (χ2v) is 17.4. The van der Waals surface area contributed by atoms with E-state index in [1.54, 1.807) is 6.33 Å². The van der Waals surface area contributed by atoms with Crippen molar-refractivity contribution in [2.24, 2.45) is 0 Å². The molecule has 5 aromatic rings. The zero-order chi connectivity index (χ0) is 26.6. The maximum absolute atomic E-state index is 5.10. The van der Waals surface area contributed by atoms with Gasteiger partial charge in [0.05, 0.1) is 5.52 Å². The molecule has 2 aromatic carbocycles. The van der Waals surface area contributed by atoms with Gasteiger partial charge in [-0.05, 0) is 62.3 Å². The molecule has 0 aliphatic carbocycles. The number of aromatic nitrogens is 4. The molecule has 5 nitrogen and oxygen atoms in total. The highest BCUT2D eigenvalue weighted by Crippen LogP contribution is 2.44. The Morgan fingerprint density at radius 1 is 0.789 bits per heavy atom. The molecule has 3 aromatic heterocycles. The minimum atomic E-state index is -1.87. The van der Waals surface area contributed by atoms with Gasteiger partial charge in [0.25, 0.3) is 0 Å². The monoisotopic (exact) mass is 519 g/mol. The van der Waals surface area contributed by atoms with Crippen molar-refractivity contribution >= 4 is 41.7 Å². The van der Waals surface area contributed by atoms with E-state index in [4.69, 9.17) is 9.97 Å². The van der Waals surface area contributed by atoms with E-state index < -0.39 is 8.24 Å². The Kier molecular flexibility index (Phi) is 6.10. The molecule has 0 saturated carbocycles. The van der Waals surface area contributed by atoms with E-state index in [9.17, 15) is 0 Å². The Morgan fingerprint density at radius 3 is 2.32 bits per heavy atom. The van der Waals surface area contributed by atoms with Crippen LogP contribution >= 0.6 is 0 Å². The van der Waals surface area contributed by atoms with Crippen LogP contribution in [0.3, 0.4) is 0 Å². The van der Waals surface area contributed by atoms with Crippen LogP contribution in [0.2, 0.25) is 16.6 Å². The van der Waals surface area contributed by atoms with Crippen LogP contribution in [-0.4, -0.2) is 34.0 Å². The molecule has 38 heavy (non-hydrogen) atoms. The Morgan fingerprint density at radius 2 is 1.55 bits per heavy atom. The molecule has 0 amide bonds. The largest absolute Gasteiger partial charge is 0.484 e. The van der Waals surface area contributed by atoms with Crippen LogP contribution in [0.25, 0.3) is 33.1 Å². The summed E-state index contributed by atoms with van der Waals surface area (Å²) in [6, 6.07) is 19.7. The Balaban J connectivity index is 1.45. The van der Waals surface area contributed by atoms with E-state index >= 15 is 0 Å². The molecule has 0 fully saturated rings. The molecule has 1 aliphatic heterocycles. The van der Waals surface area contributed by atoms with E-state index in [2.05, 4.69) is 123 Å². The van der Waals surface area contributed by atoms with Gasteiger partial charge in [0.2, 0.25) is 0 Å². The molecule has 0 saturated heterocycles. The molecule has 0 radical (unpaired) electrons. The van der Waals surface area contributed by atoms with Gasteiger partial charge < -0.3 is 9.13 Å². The fourth-order valence-corrected chi connectivity index (χ4v) is 13.9. The maximum Gasteiger partial charge on any atom is 0.144 e. The summed E-state index contributed by atoms with van der Waals surface area (Å²) in [5.74, 6) is 0.976. The SMILES string of the molecule is CC(C)[Si-](C(C)C)(C(C)C)n1ccc2cc(-c3ccc4ncnc(N5CCc6ccccc65)c4c3)cnc21. The number of anilines is 2. The molecular formula is C32H37N5Si-. The molecule has 1 aliphatic rings. The fourth-order valence-electron chi connectivity index (χ4n) is 7.32. The third kappa shape index (κ3) is 3.69. The lowest BCUT2D eigenvalue weighted by Gasteiger charge is -2.56. The third-order valence-corrected chi connectivity index (χ3v) is 15.6. The van der Waals surface area contributed by atoms with Crippen molar-refractivity contribution in [3.8, 4) is 11.1 Å². The number of hydrogen-bond acceptors (Lipinski definition) is 4. The highest BCUT2D eigenvalue weighted by molar-refractivity contribution is 6.82. The van der Waals surface area contributed by atoms with E-state index in [-0.39, 0.29) is 0 Å². The fraction of sp³-hybridized carbons (Fsp3) is 0.344. The third-order valence-electron chi connectivity index (χ3n) is 8.81. The van der Waals surface area contributed by atoms with Crippen molar-refractivity contribution in [3.05, 3.63) is 78.9 Å². The number of nitrogens with zero attached hydrogens (tertiary/aromatic N) is 5. The summed E-state index contributed by atoms with van der Waals surface area (Å²) in [7, 11) is -1.87. The van der Waals surface area contributed by atoms with Gasteiger partial charge in [-0.3, -0.25) is 0 Å². The number of para-hydroxylation sites is 1. The van der Waals surface area contributed by atoms with Gasteiger partial charge in [-0.1, -0.05) is 65.8 Å². The van der Waals surface area contributed by atoms with E-state index in [1.807, 2.05) is 0 Å². The van der Waals surface area contributed by atoms with Crippen LogP contribution in [-0.2, 0) is 6.42 Å². The van der Waals surface area contributed by atoms with Gasteiger partial charge in [0.15, 0.2) is 0 Å². The summed E-state index contributed by atoms with van der Waals surface area (Å²) in [5, 5.41) is 2.28. The highest BCUT2D eigenvalue weighted by atomic mass is 28.3. The predicted molar refractivity (Wildman–Crippen MR) is 162 cm³/mol. The van der Waals surface area contributed by atoms with E-state index in [1.165, 1.54) is 16.6 Å². The minimum Gasteiger partial charge on any atom is -0.484 e. The van der Waals surface area contributed by atoms with Crippen LogP contribution in [0.1, 0.15) is 47.1 Å². The predicted octanol–water partition coefficient (Wildman–Crippen LogP) is 8.36. The van der Waals surface area contributed by atoms with Gasteiger partial charge in [0, 0.05) is 34.8 Å². The standard InChI is InChI=1S/C32H37N5Si/c1-21(2)38(22(3)4,23(5)6)37-16-14-26-17-27(19-33-31(26)37)25-11-12-29-28(18-25)32(35-20-34-29)36-15-13-24-9-7-8-10-30(24)36/h7-12,14,16-23H,13,15H2,1-6H3/q-1. The van der Waals surface area contributed by atoms with Gasteiger partial charge in [0.1, 0.15) is 17.8 Å². The molecule has 0 atom stereocenters. The smallest absolute Gasteiger partial charge is 0.144 e. The number of rotatable bonds is 6. The number of hydrogen-bond donors (Lipinski definition) is 0. The normalized spacial score (nSPS) is 14.0. The molecule has 0 spiro atoms. The van der Waals surface area contributed by atoms with Crippen molar-refractivity contribution in [2.45, 2.75) is 64.6 Å². The van der Waals surface area contributed by atoms with Crippen LogP contribution in [0, 0.1) is 0 Å². The summed E-state index contributed by atoms with van der Waals surface area (Å²) in [4.78, 5) is 16.8. The average molecular weight is 520 g/mol. The number of benzene rings is 2. The molecular weight excluding hydrogens is 482 g/mol.